The van der Waals surface area contributed by atoms with Gasteiger partial charge in [-0.15, -0.1) is 0 Å². The van der Waals surface area contributed by atoms with E-state index in [9.17, 15) is 9.90 Å². The van der Waals surface area contributed by atoms with Gasteiger partial charge in [0.05, 0.1) is 17.6 Å². The topological polar surface area (TPSA) is 99.9 Å². The summed E-state index contributed by atoms with van der Waals surface area (Å²) < 4.78 is 1.89. The van der Waals surface area contributed by atoms with Gasteiger partial charge in [0, 0.05) is 66.5 Å². The number of H-pyrrole nitrogens is 1. The first-order chi connectivity index (χ1) is 16.0. The molecule has 0 bridgehead atoms. The number of nitrogens with one attached hydrogen (secondary N) is 1. The lowest BCUT2D eigenvalue weighted by Gasteiger charge is -2.16. The van der Waals surface area contributed by atoms with Crippen molar-refractivity contribution in [3.8, 4) is 28.1 Å². The minimum atomic E-state index is -1.27. The third-order valence-electron chi connectivity index (χ3n) is 5.53. The molecule has 0 saturated carbocycles. The van der Waals surface area contributed by atoms with Crippen LogP contribution in [0.1, 0.15) is 11.7 Å². The number of rotatable bonds is 5. The smallest absolute Gasteiger partial charge is 0.255 e. The Morgan fingerprint density at radius 3 is 2.64 bits per heavy atom. The first-order valence-corrected chi connectivity index (χ1v) is 10.4. The average Bonchev–Trinajstić information content (AvgIpc) is 3.50. The van der Waals surface area contributed by atoms with Crippen LogP contribution in [-0.2, 0) is 4.79 Å². The Bertz CT molecular complexity index is 1440. The number of likely N-dealkylation sites (N-methyl/N-ethyl adjacent to an activating group) is 1. The van der Waals surface area contributed by atoms with Crippen molar-refractivity contribution < 1.29 is 9.90 Å². The molecule has 0 aliphatic carbocycles. The van der Waals surface area contributed by atoms with Crippen LogP contribution < -0.4 is 0 Å². The molecule has 1 aromatic carbocycles. The van der Waals surface area contributed by atoms with Gasteiger partial charge in [-0.1, -0.05) is 18.2 Å². The van der Waals surface area contributed by atoms with Gasteiger partial charge in [-0.25, -0.2) is 9.67 Å². The summed E-state index contributed by atoms with van der Waals surface area (Å²) in [6.07, 6.45) is 7.37. The molecule has 0 aliphatic heterocycles. The second-order valence-corrected chi connectivity index (χ2v) is 7.93. The number of hydrogen-bond acceptors (Lipinski definition) is 5. The summed E-state index contributed by atoms with van der Waals surface area (Å²) in [5, 5.41) is 15.8. The zero-order chi connectivity index (χ0) is 22.9. The number of aromatic nitrogens is 5. The second-order valence-electron chi connectivity index (χ2n) is 7.93. The normalized spacial score (nSPS) is 12.1. The summed E-state index contributed by atoms with van der Waals surface area (Å²) in [7, 11) is 3.21. The number of nitrogens with zero attached hydrogens (tertiary/aromatic N) is 5. The van der Waals surface area contributed by atoms with Crippen LogP contribution in [0.3, 0.4) is 0 Å². The van der Waals surface area contributed by atoms with E-state index in [0.717, 1.165) is 39.1 Å². The molecule has 5 aromatic rings. The van der Waals surface area contributed by atoms with Crippen LogP contribution in [0, 0.1) is 0 Å². The largest absolute Gasteiger partial charge is 0.378 e. The maximum atomic E-state index is 12.2. The molecule has 1 amide bonds. The molecule has 0 aliphatic rings. The quantitative estimate of drug-likeness (QED) is 0.437. The van der Waals surface area contributed by atoms with Crippen molar-refractivity contribution in [1.29, 1.82) is 0 Å². The minimum Gasteiger partial charge on any atom is -0.378 e. The summed E-state index contributed by atoms with van der Waals surface area (Å²) in [5.74, 6) is -0.398. The lowest BCUT2D eigenvalue weighted by Crippen LogP contribution is -2.28. The standard InChI is InChI=1S/C25H22N6O2/c1-30(2)25(33)23(32)18-10-16(12-26-13-18)17-11-20-21(15-28-24(20)27-14-17)22-8-9-29-31(22)19-6-4-3-5-7-19/h3-15,23,32H,1-2H3,(H,27,28). The van der Waals surface area contributed by atoms with Crippen molar-refractivity contribution in [3.05, 3.63) is 85.1 Å². The van der Waals surface area contributed by atoms with E-state index in [1.165, 1.54) is 11.1 Å². The van der Waals surface area contributed by atoms with Crippen molar-refractivity contribution in [2.24, 2.45) is 0 Å². The molecule has 4 aromatic heterocycles. The van der Waals surface area contributed by atoms with Crippen molar-refractivity contribution >= 4 is 16.9 Å². The highest BCUT2D eigenvalue weighted by atomic mass is 16.3. The summed E-state index contributed by atoms with van der Waals surface area (Å²) in [5.41, 5.74) is 5.64. The SMILES string of the molecule is CN(C)C(=O)C(O)c1cncc(-c2cnc3[nH]cc(-c4ccnn4-c4ccccc4)c3c2)c1. The fourth-order valence-corrected chi connectivity index (χ4v) is 3.81. The Hall–Kier alpha value is -4.30. The predicted octanol–water partition coefficient (Wildman–Crippen LogP) is 3.60. The summed E-state index contributed by atoms with van der Waals surface area (Å²) in [6.45, 7) is 0. The third kappa shape index (κ3) is 3.77. The van der Waals surface area contributed by atoms with E-state index in [1.807, 2.05) is 53.3 Å². The molecular formula is C25H22N6O2. The number of para-hydroxylation sites is 1. The number of fused-ring (bicyclic) bond motifs is 1. The van der Waals surface area contributed by atoms with Gasteiger partial charge in [-0.2, -0.15) is 5.10 Å². The molecule has 0 saturated heterocycles. The van der Waals surface area contributed by atoms with E-state index >= 15 is 0 Å². The van der Waals surface area contributed by atoms with Gasteiger partial charge in [-0.3, -0.25) is 9.78 Å². The Morgan fingerprint density at radius 1 is 1.06 bits per heavy atom. The van der Waals surface area contributed by atoms with Crippen molar-refractivity contribution in [3.63, 3.8) is 0 Å². The predicted molar refractivity (Wildman–Crippen MR) is 126 cm³/mol. The van der Waals surface area contributed by atoms with Crippen LogP contribution in [0.5, 0.6) is 0 Å². The van der Waals surface area contributed by atoms with Crippen LogP contribution in [0.25, 0.3) is 39.1 Å². The molecule has 0 radical (unpaired) electrons. The summed E-state index contributed by atoms with van der Waals surface area (Å²) in [6, 6.07) is 15.7. The molecule has 0 fully saturated rings. The van der Waals surface area contributed by atoms with Crippen molar-refractivity contribution in [2.45, 2.75) is 6.10 Å². The molecule has 8 nitrogen and oxygen atoms in total. The Morgan fingerprint density at radius 2 is 1.85 bits per heavy atom. The number of carbonyl (C=O) groups excluding carboxylic acids is 1. The fraction of sp³-hybridized carbons (Fsp3) is 0.120. The Labute approximate surface area is 190 Å². The molecular weight excluding hydrogens is 416 g/mol. The van der Waals surface area contributed by atoms with E-state index in [4.69, 9.17) is 0 Å². The first kappa shape index (κ1) is 20.6. The highest BCUT2D eigenvalue weighted by molar-refractivity contribution is 5.95. The maximum Gasteiger partial charge on any atom is 0.255 e. The highest BCUT2D eigenvalue weighted by Gasteiger charge is 2.20. The Kier molecular flexibility index (Phi) is 5.20. The molecule has 1 unspecified atom stereocenters. The summed E-state index contributed by atoms with van der Waals surface area (Å²) >= 11 is 0. The average molecular weight is 438 g/mol. The maximum absolute atomic E-state index is 12.2. The van der Waals surface area contributed by atoms with E-state index in [-0.39, 0.29) is 0 Å². The summed E-state index contributed by atoms with van der Waals surface area (Å²) in [4.78, 5) is 25.6. The lowest BCUT2D eigenvalue weighted by atomic mass is 10.0. The number of pyridine rings is 2. The zero-order valence-corrected chi connectivity index (χ0v) is 18.2. The van der Waals surface area contributed by atoms with Crippen LogP contribution in [0.4, 0.5) is 0 Å². The molecule has 8 heteroatoms. The van der Waals surface area contributed by atoms with Gasteiger partial charge < -0.3 is 15.0 Å². The molecule has 4 heterocycles. The molecule has 0 spiro atoms. The molecule has 1 atom stereocenters. The van der Waals surface area contributed by atoms with E-state index < -0.39 is 12.0 Å². The van der Waals surface area contributed by atoms with Gasteiger partial charge in [0.1, 0.15) is 5.65 Å². The number of aromatic amines is 1. The van der Waals surface area contributed by atoms with Gasteiger partial charge in [-0.05, 0) is 30.3 Å². The fourth-order valence-electron chi connectivity index (χ4n) is 3.81. The Balaban J connectivity index is 1.57. The van der Waals surface area contributed by atoms with Gasteiger partial charge in [0.15, 0.2) is 6.10 Å². The first-order valence-electron chi connectivity index (χ1n) is 10.4. The molecule has 2 N–H and O–H groups in total. The number of aliphatic hydroxyl groups is 1. The van der Waals surface area contributed by atoms with Crippen LogP contribution in [0.15, 0.2) is 79.5 Å². The van der Waals surface area contributed by atoms with Crippen LogP contribution in [0.2, 0.25) is 0 Å². The highest BCUT2D eigenvalue weighted by Crippen LogP contribution is 2.32. The molecule has 5 rings (SSSR count). The lowest BCUT2D eigenvalue weighted by molar-refractivity contribution is -0.137. The van der Waals surface area contributed by atoms with Crippen LogP contribution in [-0.4, -0.2) is 54.7 Å². The number of carbonyl (C=O) groups is 1. The molecule has 33 heavy (non-hydrogen) atoms. The number of hydrogen-bond donors (Lipinski definition) is 2. The zero-order valence-electron chi connectivity index (χ0n) is 18.2. The van der Waals surface area contributed by atoms with Gasteiger partial charge >= 0.3 is 0 Å². The van der Waals surface area contributed by atoms with E-state index in [1.54, 1.807) is 38.8 Å². The molecule has 164 valence electrons. The van der Waals surface area contributed by atoms with Gasteiger partial charge in [0.2, 0.25) is 0 Å². The minimum absolute atomic E-state index is 0.398. The van der Waals surface area contributed by atoms with Crippen molar-refractivity contribution in [1.82, 2.24) is 29.6 Å². The van der Waals surface area contributed by atoms with Crippen molar-refractivity contribution in [2.75, 3.05) is 14.1 Å². The third-order valence-corrected chi connectivity index (χ3v) is 5.53. The van der Waals surface area contributed by atoms with Crippen LogP contribution >= 0.6 is 0 Å². The second kappa shape index (κ2) is 8.33. The van der Waals surface area contributed by atoms with E-state index in [2.05, 4.69) is 20.1 Å². The monoisotopic (exact) mass is 438 g/mol. The van der Waals surface area contributed by atoms with Gasteiger partial charge in [0.25, 0.3) is 5.91 Å². The number of amides is 1. The number of benzene rings is 1. The van der Waals surface area contributed by atoms with E-state index in [0.29, 0.717) is 5.56 Å². The number of aliphatic hydroxyl groups excluding tert-OH is 1.